The Morgan fingerprint density at radius 3 is 2.64 bits per heavy atom. The van der Waals surface area contributed by atoms with Gasteiger partial charge in [0.25, 0.3) is 0 Å². The van der Waals surface area contributed by atoms with Gasteiger partial charge >= 0.3 is 0 Å². The fraction of sp³-hybridized carbons (Fsp3) is 0.250. The highest BCUT2D eigenvalue weighted by Gasteiger charge is 2.02. The topological polar surface area (TPSA) is 52.2 Å². The predicted molar refractivity (Wildman–Crippen MR) is 117 cm³/mol. The molecule has 0 fully saturated rings. The molecular weight excluding hydrogens is 423 g/mol. The van der Waals surface area contributed by atoms with Gasteiger partial charge in [-0.3, -0.25) is 0 Å². The van der Waals surface area contributed by atoms with E-state index in [9.17, 15) is 0 Å². The quantitative estimate of drug-likeness (QED) is 0.309. The van der Waals surface area contributed by atoms with E-state index in [1.54, 1.807) is 0 Å². The highest BCUT2D eigenvalue weighted by atomic mass is 127. The van der Waals surface area contributed by atoms with E-state index in [0.717, 1.165) is 23.7 Å². The molecule has 3 rings (SSSR count). The van der Waals surface area contributed by atoms with Crippen molar-refractivity contribution in [3.63, 3.8) is 0 Å². The molecule has 0 amide bonds. The summed E-state index contributed by atoms with van der Waals surface area (Å²) in [6.45, 7) is 6.41. The van der Waals surface area contributed by atoms with Crippen LogP contribution in [0.4, 0.5) is 0 Å². The Morgan fingerprint density at radius 2 is 1.88 bits per heavy atom. The summed E-state index contributed by atoms with van der Waals surface area (Å²) in [5, 5.41) is 7.92. The van der Waals surface area contributed by atoms with Crippen LogP contribution in [0.5, 0.6) is 0 Å². The van der Waals surface area contributed by atoms with E-state index in [-0.39, 0.29) is 24.0 Å². The molecule has 25 heavy (non-hydrogen) atoms. The Kier molecular flexibility index (Phi) is 7.31. The largest absolute Gasteiger partial charge is 0.357 e. The number of halogens is 1. The molecule has 0 saturated heterocycles. The molecular formula is C20H25IN4. The molecule has 2 aromatic carbocycles. The second-order valence-corrected chi connectivity index (χ2v) is 5.92. The van der Waals surface area contributed by atoms with Crippen LogP contribution in [0.25, 0.3) is 10.9 Å². The molecule has 4 nitrogen and oxygen atoms in total. The van der Waals surface area contributed by atoms with E-state index < -0.39 is 0 Å². The van der Waals surface area contributed by atoms with Gasteiger partial charge in [-0.1, -0.05) is 48.0 Å². The Balaban J connectivity index is 0.00000225. The Bertz CT molecular complexity index is 805. The molecule has 0 saturated carbocycles. The van der Waals surface area contributed by atoms with E-state index in [0.29, 0.717) is 13.1 Å². The molecule has 132 valence electrons. The summed E-state index contributed by atoms with van der Waals surface area (Å²) in [6.07, 6.45) is 0. The second-order valence-electron chi connectivity index (χ2n) is 5.92. The third-order valence-electron chi connectivity index (χ3n) is 3.88. The Hall–Kier alpha value is -2.02. The van der Waals surface area contributed by atoms with Crippen LogP contribution in [-0.4, -0.2) is 17.5 Å². The first-order valence-electron chi connectivity index (χ1n) is 8.39. The van der Waals surface area contributed by atoms with E-state index in [4.69, 9.17) is 0 Å². The average molecular weight is 448 g/mol. The number of rotatable bonds is 5. The van der Waals surface area contributed by atoms with Crippen molar-refractivity contribution < 1.29 is 0 Å². The lowest BCUT2D eigenvalue weighted by Gasteiger charge is -2.10. The Labute approximate surface area is 166 Å². The molecule has 0 atom stereocenters. The van der Waals surface area contributed by atoms with E-state index in [1.165, 1.54) is 16.5 Å². The van der Waals surface area contributed by atoms with E-state index >= 15 is 0 Å². The SMILES string of the molecule is CCNC(=NCc1cccc(C)c1)NCc1cc2ccccc2[nH]1.I. The van der Waals surface area contributed by atoms with Gasteiger partial charge < -0.3 is 15.6 Å². The zero-order valence-corrected chi connectivity index (χ0v) is 17.0. The smallest absolute Gasteiger partial charge is 0.191 e. The highest BCUT2D eigenvalue weighted by Crippen LogP contribution is 2.14. The lowest BCUT2D eigenvalue weighted by atomic mass is 10.1. The standard InChI is InChI=1S/C20H24N4.HI/c1-3-21-20(22-13-16-8-6-7-15(2)11-16)23-14-18-12-17-9-4-5-10-19(17)24-18;/h4-12,24H,3,13-14H2,1-2H3,(H2,21,22,23);1H. The van der Waals surface area contributed by atoms with Gasteiger partial charge in [0, 0.05) is 17.8 Å². The Morgan fingerprint density at radius 1 is 1.04 bits per heavy atom. The normalized spacial score (nSPS) is 11.2. The van der Waals surface area contributed by atoms with Gasteiger partial charge in [-0.25, -0.2) is 4.99 Å². The highest BCUT2D eigenvalue weighted by molar-refractivity contribution is 14.0. The van der Waals surface area contributed by atoms with Gasteiger partial charge in [0.1, 0.15) is 0 Å². The van der Waals surface area contributed by atoms with Crippen LogP contribution in [0.15, 0.2) is 59.6 Å². The fourth-order valence-electron chi connectivity index (χ4n) is 2.73. The number of benzene rings is 2. The van der Waals surface area contributed by atoms with Crippen LogP contribution in [0, 0.1) is 6.92 Å². The van der Waals surface area contributed by atoms with E-state index in [2.05, 4.69) is 83.0 Å². The molecule has 1 aromatic heterocycles. The molecule has 0 unspecified atom stereocenters. The number of aliphatic imine (C=N–C) groups is 1. The van der Waals surface area contributed by atoms with Crippen molar-refractivity contribution in [3.8, 4) is 0 Å². The van der Waals surface area contributed by atoms with Crippen LogP contribution in [0.2, 0.25) is 0 Å². The van der Waals surface area contributed by atoms with Crippen molar-refractivity contribution in [1.29, 1.82) is 0 Å². The molecule has 3 aromatic rings. The number of aromatic nitrogens is 1. The number of para-hydroxylation sites is 1. The number of guanidine groups is 1. The summed E-state index contributed by atoms with van der Waals surface area (Å²) in [7, 11) is 0. The second kappa shape index (κ2) is 9.46. The van der Waals surface area contributed by atoms with Crippen molar-refractivity contribution >= 4 is 40.8 Å². The molecule has 1 heterocycles. The summed E-state index contributed by atoms with van der Waals surface area (Å²) in [5.41, 5.74) is 4.80. The van der Waals surface area contributed by atoms with Crippen molar-refractivity contribution in [3.05, 3.63) is 71.4 Å². The maximum absolute atomic E-state index is 4.67. The molecule has 0 aliphatic heterocycles. The van der Waals surface area contributed by atoms with Crippen molar-refractivity contribution in [1.82, 2.24) is 15.6 Å². The molecule has 0 bridgehead atoms. The number of hydrogen-bond acceptors (Lipinski definition) is 1. The summed E-state index contributed by atoms with van der Waals surface area (Å²) in [5.74, 6) is 0.831. The summed E-state index contributed by atoms with van der Waals surface area (Å²) >= 11 is 0. The molecule has 3 N–H and O–H groups in total. The van der Waals surface area contributed by atoms with E-state index in [1.807, 2.05) is 6.07 Å². The summed E-state index contributed by atoms with van der Waals surface area (Å²) in [4.78, 5) is 8.10. The average Bonchev–Trinajstić information content (AvgIpc) is 3.00. The number of aromatic amines is 1. The van der Waals surface area contributed by atoms with Crippen LogP contribution in [-0.2, 0) is 13.1 Å². The minimum atomic E-state index is 0. The van der Waals surface area contributed by atoms with Gasteiger partial charge in [0.05, 0.1) is 13.1 Å². The maximum Gasteiger partial charge on any atom is 0.191 e. The van der Waals surface area contributed by atoms with Gasteiger partial charge in [0.15, 0.2) is 5.96 Å². The lowest BCUT2D eigenvalue weighted by Crippen LogP contribution is -2.36. The van der Waals surface area contributed by atoms with Crippen LogP contribution < -0.4 is 10.6 Å². The number of H-pyrrole nitrogens is 1. The van der Waals surface area contributed by atoms with Gasteiger partial charge in [-0.2, -0.15) is 0 Å². The van der Waals surface area contributed by atoms with Gasteiger partial charge in [-0.15, -0.1) is 24.0 Å². The third-order valence-corrected chi connectivity index (χ3v) is 3.88. The number of hydrogen-bond donors (Lipinski definition) is 3. The van der Waals surface area contributed by atoms with Crippen molar-refractivity contribution in [2.45, 2.75) is 26.9 Å². The minimum absolute atomic E-state index is 0. The zero-order valence-electron chi connectivity index (χ0n) is 14.7. The number of aryl methyl sites for hydroxylation is 1. The lowest BCUT2D eigenvalue weighted by molar-refractivity contribution is 0.805. The number of fused-ring (bicyclic) bond motifs is 1. The minimum Gasteiger partial charge on any atom is -0.357 e. The first-order valence-corrected chi connectivity index (χ1v) is 8.39. The summed E-state index contributed by atoms with van der Waals surface area (Å²) < 4.78 is 0. The number of nitrogens with zero attached hydrogens (tertiary/aromatic N) is 1. The fourth-order valence-corrected chi connectivity index (χ4v) is 2.73. The third kappa shape index (κ3) is 5.49. The zero-order chi connectivity index (χ0) is 16.8. The molecule has 5 heteroatoms. The summed E-state index contributed by atoms with van der Waals surface area (Å²) in [6, 6.07) is 18.9. The van der Waals surface area contributed by atoms with Gasteiger partial charge in [0.2, 0.25) is 0 Å². The first kappa shape index (κ1) is 19.3. The predicted octanol–water partition coefficient (Wildman–Crippen LogP) is 4.35. The maximum atomic E-state index is 4.67. The van der Waals surface area contributed by atoms with Crippen LogP contribution >= 0.6 is 24.0 Å². The van der Waals surface area contributed by atoms with Crippen molar-refractivity contribution in [2.75, 3.05) is 6.54 Å². The van der Waals surface area contributed by atoms with Crippen LogP contribution in [0.3, 0.4) is 0 Å². The molecule has 0 aliphatic carbocycles. The van der Waals surface area contributed by atoms with Gasteiger partial charge in [-0.05, 0) is 36.9 Å². The molecule has 0 radical (unpaired) electrons. The first-order chi connectivity index (χ1) is 11.7. The molecule has 0 aliphatic rings. The monoisotopic (exact) mass is 448 g/mol. The van der Waals surface area contributed by atoms with Crippen LogP contribution in [0.1, 0.15) is 23.7 Å². The molecule has 0 spiro atoms. The number of nitrogens with one attached hydrogen (secondary N) is 3. The van der Waals surface area contributed by atoms with Crippen molar-refractivity contribution in [2.24, 2.45) is 4.99 Å².